The lowest BCUT2D eigenvalue weighted by Gasteiger charge is -2.16. The zero-order valence-electron chi connectivity index (χ0n) is 13.6. The molecule has 1 aromatic heterocycles. The Labute approximate surface area is 126 Å². The maximum Gasteiger partial charge on any atom is 0.227 e. The van der Waals surface area contributed by atoms with E-state index in [9.17, 15) is 4.79 Å². The van der Waals surface area contributed by atoms with Crippen LogP contribution in [0.2, 0.25) is 0 Å². The van der Waals surface area contributed by atoms with Crippen LogP contribution in [0.15, 0.2) is 18.2 Å². The minimum absolute atomic E-state index is 0.0689. The van der Waals surface area contributed by atoms with Gasteiger partial charge in [0.2, 0.25) is 5.91 Å². The quantitative estimate of drug-likeness (QED) is 0.896. The Kier molecular flexibility index (Phi) is 4.61. The van der Waals surface area contributed by atoms with Gasteiger partial charge in [-0.15, -0.1) is 0 Å². The molecule has 1 aromatic carbocycles. The van der Waals surface area contributed by atoms with Crippen LogP contribution in [-0.4, -0.2) is 10.9 Å². The number of nitrogens with zero attached hydrogens (tertiary/aromatic N) is 1. The second-order valence-corrected chi connectivity index (χ2v) is 5.79. The highest BCUT2D eigenvalue weighted by molar-refractivity contribution is 6.02. The molecule has 2 aromatic rings. The Morgan fingerprint density at radius 3 is 2.43 bits per heavy atom. The fourth-order valence-electron chi connectivity index (χ4n) is 2.81. The first-order valence-electron chi connectivity index (χ1n) is 7.65. The molecule has 0 bridgehead atoms. The monoisotopic (exact) mass is 284 g/mol. The Bertz CT molecular complexity index is 672. The molecule has 21 heavy (non-hydrogen) atoms. The van der Waals surface area contributed by atoms with Crippen LogP contribution in [0.3, 0.4) is 0 Å². The molecular formula is C18H24N2O. The topological polar surface area (TPSA) is 42.0 Å². The van der Waals surface area contributed by atoms with Crippen LogP contribution in [0, 0.1) is 26.7 Å². The number of carbonyl (C=O) groups is 1. The van der Waals surface area contributed by atoms with Crippen molar-refractivity contribution in [2.45, 2.75) is 47.5 Å². The van der Waals surface area contributed by atoms with Crippen LogP contribution in [0.25, 0.3) is 10.9 Å². The van der Waals surface area contributed by atoms with E-state index in [2.05, 4.69) is 50.1 Å². The Morgan fingerprint density at radius 1 is 1.14 bits per heavy atom. The lowest BCUT2D eigenvalue weighted by molar-refractivity contribution is -0.120. The van der Waals surface area contributed by atoms with Crippen LogP contribution in [0.4, 0.5) is 5.69 Å². The van der Waals surface area contributed by atoms with Gasteiger partial charge in [0, 0.05) is 17.0 Å². The molecule has 0 aliphatic heterocycles. The molecule has 112 valence electrons. The van der Waals surface area contributed by atoms with Crippen LogP contribution in [-0.2, 0) is 4.79 Å². The number of pyridine rings is 1. The molecule has 0 aliphatic carbocycles. The first kappa shape index (κ1) is 15.5. The van der Waals surface area contributed by atoms with Gasteiger partial charge in [0.15, 0.2) is 0 Å². The standard InChI is InChI=1S/C18H24N2O/c1-6-14(7-2)18(21)20-16-10-13(5)19-17-12(4)8-11(3)9-15(16)17/h8-10,14H,6-7H2,1-5H3,(H,19,20,21). The van der Waals surface area contributed by atoms with Crippen LogP contribution < -0.4 is 5.32 Å². The van der Waals surface area contributed by atoms with E-state index >= 15 is 0 Å². The molecule has 2 rings (SSSR count). The first-order chi connectivity index (χ1) is 9.96. The van der Waals surface area contributed by atoms with E-state index in [1.807, 2.05) is 13.0 Å². The molecule has 0 saturated carbocycles. The van der Waals surface area contributed by atoms with Gasteiger partial charge in [-0.05, 0) is 51.3 Å². The summed E-state index contributed by atoms with van der Waals surface area (Å²) in [6.45, 7) is 10.2. The van der Waals surface area contributed by atoms with Gasteiger partial charge in [-0.1, -0.05) is 25.5 Å². The van der Waals surface area contributed by atoms with Crippen molar-refractivity contribution in [2.75, 3.05) is 5.32 Å². The first-order valence-corrected chi connectivity index (χ1v) is 7.65. The number of hydrogen-bond acceptors (Lipinski definition) is 2. The third-order valence-corrected chi connectivity index (χ3v) is 3.99. The number of fused-ring (bicyclic) bond motifs is 1. The summed E-state index contributed by atoms with van der Waals surface area (Å²) < 4.78 is 0. The summed E-state index contributed by atoms with van der Waals surface area (Å²) >= 11 is 0. The zero-order chi connectivity index (χ0) is 15.6. The number of anilines is 1. The summed E-state index contributed by atoms with van der Waals surface area (Å²) in [6.07, 6.45) is 1.73. The fraction of sp³-hybridized carbons (Fsp3) is 0.444. The minimum Gasteiger partial charge on any atom is -0.325 e. The van der Waals surface area contributed by atoms with Crippen molar-refractivity contribution < 1.29 is 4.79 Å². The van der Waals surface area contributed by atoms with E-state index in [0.717, 1.165) is 40.7 Å². The van der Waals surface area contributed by atoms with Crippen molar-refractivity contribution >= 4 is 22.5 Å². The van der Waals surface area contributed by atoms with Crippen molar-refractivity contribution in [3.05, 3.63) is 35.0 Å². The van der Waals surface area contributed by atoms with Gasteiger partial charge in [-0.2, -0.15) is 0 Å². The Morgan fingerprint density at radius 2 is 1.81 bits per heavy atom. The van der Waals surface area contributed by atoms with Crippen molar-refractivity contribution in [1.82, 2.24) is 4.98 Å². The molecular weight excluding hydrogens is 260 g/mol. The highest BCUT2D eigenvalue weighted by Gasteiger charge is 2.16. The number of benzene rings is 1. The van der Waals surface area contributed by atoms with Crippen molar-refractivity contribution in [1.29, 1.82) is 0 Å². The van der Waals surface area contributed by atoms with Gasteiger partial charge < -0.3 is 5.32 Å². The number of rotatable bonds is 4. The fourth-order valence-corrected chi connectivity index (χ4v) is 2.81. The van der Waals surface area contributed by atoms with Crippen LogP contribution in [0.1, 0.15) is 43.5 Å². The maximum atomic E-state index is 12.4. The molecule has 0 fully saturated rings. The molecule has 0 unspecified atom stereocenters. The van der Waals surface area contributed by atoms with Gasteiger partial charge in [0.25, 0.3) is 0 Å². The van der Waals surface area contributed by atoms with Crippen molar-refractivity contribution in [2.24, 2.45) is 5.92 Å². The van der Waals surface area contributed by atoms with Crippen LogP contribution in [0.5, 0.6) is 0 Å². The van der Waals surface area contributed by atoms with Crippen molar-refractivity contribution in [3.8, 4) is 0 Å². The molecule has 1 heterocycles. The SMILES string of the molecule is CCC(CC)C(=O)Nc1cc(C)nc2c(C)cc(C)cc12. The molecule has 0 radical (unpaired) electrons. The maximum absolute atomic E-state index is 12.4. The Hall–Kier alpha value is -1.90. The lowest BCUT2D eigenvalue weighted by atomic mass is 10.0. The van der Waals surface area contributed by atoms with Gasteiger partial charge in [0.1, 0.15) is 0 Å². The molecule has 0 saturated heterocycles. The number of carbonyl (C=O) groups excluding carboxylic acids is 1. The zero-order valence-corrected chi connectivity index (χ0v) is 13.6. The normalized spacial score (nSPS) is 11.1. The summed E-state index contributed by atoms with van der Waals surface area (Å²) in [7, 11) is 0. The van der Waals surface area contributed by atoms with Gasteiger partial charge >= 0.3 is 0 Å². The summed E-state index contributed by atoms with van der Waals surface area (Å²) in [6, 6.07) is 6.18. The van der Waals surface area contributed by atoms with Gasteiger partial charge in [-0.3, -0.25) is 9.78 Å². The predicted molar refractivity (Wildman–Crippen MR) is 88.7 cm³/mol. The second-order valence-electron chi connectivity index (χ2n) is 5.79. The third kappa shape index (κ3) is 3.23. The summed E-state index contributed by atoms with van der Waals surface area (Å²) in [5, 5.41) is 4.13. The van der Waals surface area contributed by atoms with E-state index in [1.165, 1.54) is 5.56 Å². The van der Waals surface area contributed by atoms with E-state index in [4.69, 9.17) is 0 Å². The highest BCUT2D eigenvalue weighted by atomic mass is 16.1. The van der Waals surface area contributed by atoms with E-state index in [-0.39, 0.29) is 11.8 Å². The number of amides is 1. The smallest absolute Gasteiger partial charge is 0.227 e. The van der Waals surface area contributed by atoms with Crippen LogP contribution >= 0.6 is 0 Å². The highest BCUT2D eigenvalue weighted by Crippen LogP contribution is 2.27. The Balaban J connectivity index is 2.50. The number of aryl methyl sites for hydroxylation is 3. The van der Waals surface area contributed by atoms with Gasteiger partial charge in [0.05, 0.1) is 11.2 Å². The molecule has 1 amide bonds. The predicted octanol–water partition coefficient (Wildman–Crippen LogP) is 4.53. The largest absolute Gasteiger partial charge is 0.325 e. The van der Waals surface area contributed by atoms with E-state index in [1.54, 1.807) is 0 Å². The van der Waals surface area contributed by atoms with E-state index < -0.39 is 0 Å². The molecule has 0 spiro atoms. The molecule has 3 heteroatoms. The van der Waals surface area contributed by atoms with Crippen molar-refractivity contribution in [3.63, 3.8) is 0 Å². The molecule has 1 N–H and O–H groups in total. The summed E-state index contributed by atoms with van der Waals surface area (Å²) in [5.41, 5.74) is 5.10. The average molecular weight is 284 g/mol. The average Bonchev–Trinajstić information content (AvgIpc) is 2.41. The lowest BCUT2D eigenvalue weighted by Crippen LogP contribution is -2.22. The summed E-state index contributed by atoms with van der Waals surface area (Å²) in [4.78, 5) is 17.0. The molecule has 0 aliphatic rings. The number of aromatic nitrogens is 1. The third-order valence-electron chi connectivity index (χ3n) is 3.99. The summed E-state index contributed by atoms with van der Waals surface area (Å²) in [5.74, 6) is 0.172. The van der Waals surface area contributed by atoms with E-state index in [0.29, 0.717) is 0 Å². The second kappa shape index (κ2) is 6.25. The number of nitrogens with one attached hydrogen (secondary N) is 1. The minimum atomic E-state index is 0.0689. The van der Waals surface area contributed by atoms with Gasteiger partial charge in [-0.25, -0.2) is 0 Å². The molecule has 3 nitrogen and oxygen atoms in total. The number of hydrogen-bond donors (Lipinski definition) is 1. The molecule has 0 atom stereocenters.